The van der Waals surface area contributed by atoms with Gasteiger partial charge in [-0.3, -0.25) is 0 Å². The predicted octanol–water partition coefficient (Wildman–Crippen LogP) is 3.51. The van der Waals surface area contributed by atoms with Gasteiger partial charge in [0.2, 0.25) is 5.95 Å². The van der Waals surface area contributed by atoms with Crippen LogP contribution in [0.5, 0.6) is 5.75 Å². The molecule has 5 rings (SSSR count). The number of phenolic OH excluding ortho intramolecular Hbond substituents is 1. The molecule has 0 spiro atoms. The molecule has 0 saturated carbocycles. The van der Waals surface area contributed by atoms with E-state index in [1.165, 1.54) is 0 Å². The molecule has 1 aliphatic rings. The zero-order valence-corrected chi connectivity index (χ0v) is 14.1. The molecule has 0 amide bonds. The summed E-state index contributed by atoms with van der Waals surface area (Å²) < 4.78 is 1.79. The number of aromatic hydroxyl groups is 1. The standard InChI is InChI=1S/C20H17N5O/c1-11-10-12(6-7-16(11)26)17-14-8-9-25-19(14)18(23-20(21)24-25)13-4-2-3-5-15(13)22-17/h2-10,17,22,26H,1H3,(H2,21,24). The topological polar surface area (TPSA) is 88.5 Å². The second kappa shape index (κ2) is 5.23. The first-order valence-corrected chi connectivity index (χ1v) is 8.42. The van der Waals surface area contributed by atoms with Crippen molar-refractivity contribution in [2.24, 2.45) is 0 Å². The smallest absolute Gasteiger partial charge is 0.238 e. The Kier molecular flexibility index (Phi) is 2.97. The molecule has 0 radical (unpaired) electrons. The van der Waals surface area contributed by atoms with Gasteiger partial charge in [0, 0.05) is 23.0 Å². The highest BCUT2D eigenvalue weighted by Gasteiger charge is 2.27. The molecule has 4 aromatic rings. The van der Waals surface area contributed by atoms with Gasteiger partial charge in [-0.1, -0.05) is 24.3 Å². The van der Waals surface area contributed by atoms with Gasteiger partial charge in [0.05, 0.1) is 11.6 Å². The van der Waals surface area contributed by atoms with Crippen LogP contribution in [0.1, 0.15) is 22.7 Å². The minimum atomic E-state index is -0.0890. The van der Waals surface area contributed by atoms with Gasteiger partial charge in [0.15, 0.2) is 0 Å². The van der Waals surface area contributed by atoms with E-state index in [0.29, 0.717) is 5.75 Å². The Morgan fingerprint density at radius 3 is 2.85 bits per heavy atom. The van der Waals surface area contributed by atoms with E-state index in [2.05, 4.69) is 15.4 Å². The fraction of sp³-hybridized carbons (Fsp3) is 0.100. The van der Waals surface area contributed by atoms with Gasteiger partial charge in [-0.25, -0.2) is 9.50 Å². The van der Waals surface area contributed by atoms with E-state index in [1.807, 2.05) is 55.6 Å². The summed E-state index contributed by atoms with van der Waals surface area (Å²) >= 11 is 0. The number of aryl methyl sites for hydroxylation is 1. The van der Waals surface area contributed by atoms with Crippen molar-refractivity contribution in [3.05, 3.63) is 71.4 Å². The van der Waals surface area contributed by atoms with Gasteiger partial charge < -0.3 is 16.2 Å². The van der Waals surface area contributed by atoms with E-state index < -0.39 is 0 Å². The Morgan fingerprint density at radius 1 is 1.15 bits per heavy atom. The van der Waals surface area contributed by atoms with Crippen LogP contribution >= 0.6 is 0 Å². The first-order valence-electron chi connectivity index (χ1n) is 8.42. The summed E-state index contributed by atoms with van der Waals surface area (Å²) in [4.78, 5) is 4.53. The second-order valence-electron chi connectivity index (χ2n) is 6.55. The number of fused-ring (bicyclic) bond motifs is 2. The van der Waals surface area contributed by atoms with E-state index in [4.69, 9.17) is 5.73 Å². The summed E-state index contributed by atoms with van der Waals surface area (Å²) in [7, 11) is 0. The molecule has 4 N–H and O–H groups in total. The molecular formula is C20H17N5O. The number of nitrogen functional groups attached to an aromatic ring is 1. The van der Waals surface area contributed by atoms with Crippen LogP contribution in [0.2, 0.25) is 0 Å². The van der Waals surface area contributed by atoms with E-state index in [-0.39, 0.29) is 12.0 Å². The maximum absolute atomic E-state index is 9.90. The van der Waals surface area contributed by atoms with Crippen molar-refractivity contribution in [2.75, 3.05) is 11.1 Å². The molecule has 2 aromatic heterocycles. The van der Waals surface area contributed by atoms with Crippen molar-refractivity contribution < 1.29 is 5.11 Å². The third-order valence-electron chi connectivity index (χ3n) is 4.91. The molecule has 0 bridgehead atoms. The van der Waals surface area contributed by atoms with Crippen LogP contribution in [-0.2, 0) is 0 Å². The van der Waals surface area contributed by atoms with Crippen molar-refractivity contribution in [1.82, 2.24) is 14.6 Å². The third-order valence-corrected chi connectivity index (χ3v) is 4.91. The molecule has 26 heavy (non-hydrogen) atoms. The minimum Gasteiger partial charge on any atom is -0.508 e. The van der Waals surface area contributed by atoms with Crippen LogP contribution in [0.15, 0.2) is 54.7 Å². The van der Waals surface area contributed by atoms with Crippen molar-refractivity contribution in [2.45, 2.75) is 13.0 Å². The molecule has 6 heteroatoms. The summed E-state index contributed by atoms with van der Waals surface area (Å²) in [6, 6.07) is 15.7. The Bertz CT molecular complexity index is 1160. The number of phenols is 1. The number of aromatic nitrogens is 3. The van der Waals surface area contributed by atoms with Crippen molar-refractivity contribution in [1.29, 1.82) is 0 Å². The summed E-state index contributed by atoms with van der Waals surface area (Å²) in [6.07, 6.45) is 1.90. The molecule has 3 heterocycles. The average molecular weight is 343 g/mol. The molecule has 0 saturated heterocycles. The summed E-state index contributed by atoms with van der Waals surface area (Å²) in [5.41, 5.74) is 12.6. The fourth-order valence-electron chi connectivity index (χ4n) is 3.66. The SMILES string of the molecule is Cc1cc(C2Nc3ccccc3-c3nc(N)nn4ccc2c34)ccc1O. The highest BCUT2D eigenvalue weighted by Crippen LogP contribution is 2.41. The van der Waals surface area contributed by atoms with Crippen LogP contribution in [0, 0.1) is 6.92 Å². The van der Waals surface area contributed by atoms with Gasteiger partial charge in [0.1, 0.15) is 11.4 Å². The van der Waals surface area contributed by atoms with Crippen molar-refractivity contribution in [3.63, 3.8) is 0 Å². The first kappa shape index (κ1) is 14.8. The number of anilines is 2. The lowest BCUT2D eigenvalue weighted by Crippen LogP contribution is -2.11. The molecule has 2 aromatic carbocycles. The van der Waals surface area contributed by atoms with Crippen LogP contribution in [0.3, 0.4) is 0 Å². The fourth-order valence-corrected chi connectivity index (χ4v) is 3.66. The molecule has 6 nitrogen and oxygen atoms in total. The van der Waals surface area contributed by atoms with Crippen LogP contribution in [0.25, 0.3) is 16.8 Å². The van der Waals surface area contributed by atoms with Gasteiger partial charge >= 0.3 is 0 Å². The van der Waals surface area contributed by atoms with Crippen molar-refractivity contribution >= 4 is 17.2 Å². The Balaban J connectivity index is 1.84. The maximum atomic E-state index is 9.90. The lowest BCUT2D eigenvalue weighted by Gasteiger charge is -2.20. The summed E-state index contributed by atoms with van der Waals surface area (Å²) in [5.74, 6) is 0.532. The Labute approximate surface area is 149 Å². The quantitative estimate of drug-likeness (QED) is 0.492. The molecule has 128 valence electrons. The Morgan fingerprint density at radius 2 is 2.00 bits per heavy atom. The molecule has 1 atom stereocenters. The predicted molar refractivity (Wildman–Crippen MR) is 101 cm³/mol. The van der Waals surface area contributed by atoms with Gasteiger partial charge in [-0.05, 0) is 42.3 Å². The van der Waals surface area contributed by atoms with Gasteiger partial charge in [-0.2, -0.15) is 0 Å². The molecular weight excluding hydrogens is 326 g/mol. The highest BCUT2D eigenvalue weighted by atomic mass is 16.3. The van der Waals surface area contributed by atoms with Crippen LogP contribution in [-0.4, -0.2) is 19.7 Å². The zero-order valence-electron chi connectivity index (χ0n) is 14.1. The number of nitrogens with one attached hydrogen (secondary N) is 1. The maximum Gasteiger partial charge on any atom is 0.238 e. The molecule has 0 fully saturated rings. The number of nitrogens with zero attached hydrogens (tertiary/aromatic N) is 3. The van der Waals surface area contributed by atoms with E-state index in [9.17, 15) is 5.11 Å². The van der Waals surface area contributed by atoms with E-state index in [1.54, 1.807) is 10.6 Å². The number of rotatable bonds is 1. The lowest BCUT2D eigenvalue weighted by atomic mass is 9.98. The average Bonchev–Trinajstić information content (AvgIpc) is 2.99. The van der Waals surface area contributed by atoms with Crippen LogP contribution < -0.4 is 11.1 Å². The minimum absolute atomic E-state index is 0.0890. The second-order valence-corrected chi connectivity index (χ2v) is 6.55. The number of benzene rings is 2. The number of hydrogen-bond acceptors (Lipinski definition) is 5. The monoisotopic (exact) mass is 343 g/mol. The molecule has 1 unspecified atom stereocenters. The zero-order chi connectivity index (χ0) is 17.8. The normalized spacial score (nSPS) is 15.3. The largest absolute Gasteiger partial charge is 0.508 e. The number of nitrogens with two attached hydrogens (primary N) is 1. The first-order chi connectivity index (χ1) is 12.6. The molecule has 1 aliphatic heterocycles. The van der Waals surface area contributed by atoms with E-state index in [0.717, 1.165) is 39.2 Å². The number of para-hydroxylation sites is 1. The third kappa shape index (κ3) is 2.05. The Hall–Kier alpha value is -3.54. The summed E-state index contributed by atoms with van der Waals surface area (Å²) in [5, 5.41) is 17.9. The number of hydrogen-bond donors (Lipinski definition) is 3. The van der Waals surface area contributed by atoms with E-state index >= 15 is 0 Å². The highest BCUT2D eigenvalue weighted by molar-refractivity contribution is 5.90. The van der Waals surface area contributed by atoms with Gasteiger partial charge in [0.25, 0.3) is 0 Å². The van der Waals surface area contributed by atoms with Crippen LogP contribution in [0.4, 0.5) is 11.6 Å². The lowest BCUT2D eigenvalue weighted by molar-refractivity contribution is 0.471. The summed E-state index contributed by atoms with van der Waals surface area (Å²) in [6.45, 7) is 1.90. The molecule has 0 aliphatic carbocycles. The van der Waals surface area contributed by atoms with Crippen molar-refractivity contribution in [3.8, 4) is 17.0 Å². The van der Waals surface area contributed by atoms with Gasteiger partial charge in [-0.15, -0.1) is 5.10 Å².